The summed E-state index contributed by atoms with van der Waals surface area (Å²) in [4.78, 5) is 24.2. The maximum Gasteiger partial charge on any atom is 0.273 e. The van der Waals surface area contributed by atoms with Crippen LogP contribution in [0.2, 0.25) is 0 Å². The van der Waals surface area contributed by atoms with Gasteiger partial charge in [-0.25, -0.2) is 0 Å². The van der Waals surface area contributed by atoms with Crippen LogP contribution < -0.4 is 11.3 Å². The number of nitrogens with two attached hydrogens (primary N) is 1. The molecule has 0 unspecified atom stereocenters. The summed E-state index contributed by atoms with van der Waals surface area (Å²) in [6, 6.07) is 0. The smallest absolute Gasteiger partial charge is 0.273 e. The summed E-state index contributed by atoms with van der Waals surface area (Å²) >= 11 is 0. The number of aromatic amines is 3. The van der Waals surface area contributed by atoms with Crippen LogP contribution >= 0.6 is 0 Å². The third-order valence-corrected chi connectivity index (χ3v) is 4.29. The Balaban J connectivity index is 2.03. The maximum absolute atomic E-state index is 11.9. The van der Waals surface area contributed by atoms with Crippen LogP contribution in [0.15, 0.2) is 23.4 Å². The molecule has 0 atom stereocenters. The highest BCUT2D eigenvalue weighted by Gasteiger charge is 2.17. The lowest BCUT2D eigenvalue weighted by molar-refractivity contribution is 0.929. The van der Waals surface area contributed by atoms with Gasteiger partial charge in [-0.3, -0.25) is 19.9 Å². The molecule has 5 N–H and O–H groups in total. The molecule has 0 aliphatic carbocycles. The van der Waals surface area contributed by atoms with Crippen molar-refractivity contribution in [3.63, 3.8) is 0 Å². The Morgan fingerprint density at radius 3 is 2.67 bits per heavy atom. The molecular weight excluding hydrogens is 304 g/mol. The van der Waals surface area contributed by atoms with E-state index < -0.39 is 0 Å². The SMILES string of the molecule is CCc1c(Cc2nccnc2-c2c[nH][nH]c2=O)[nH]c(C)c1CCN. The summed E-state index contributed by atoms with van der Waals surface area (Å²) in [5, 5.41) is 5.25. The second-order valence-electron chi connectivity index (χ2n) is 5.76. The van der Waals surface area contributed by atoms with Gasteiger partial charge in [0, 0.05) is 36.4 Å². The summed E-state index contributed by atoms with van der Waals surface area (Å²) < 4.78 is 0. The van der Waals surface area contributed by atoms with Gasteiger partial charge in [0.1, 0.15) is 0 Å². The largest absolute Gasteiger partial charge is 0.362 e. The van der Waals surface area contributed by atoms with Crippen LogP contribution in [-0.2, 0) is 19.3 Å². The average Bonchev–Trinajstić information content (AvgIpc) is 3.12. The summed E-state index contributed by atoms with van der Waals surface area (Å²) in [7, 11) is 0. The number of H-pyrrole nitrogens is 3. The van der Waals surface area contributed by atoms with E-state index in [-0.39, 0.29) is 5.56 Å². The number of nitrogens with one attached hydrogen (secondary N) is 3. The predicted octanol–water partition coefficient (Wildman–Crippen LogP) is 1.45. The van der Waals surface area contributed by atoms with E-state index in [0.717, 1.165) is 29.9 Å². The molecule has 3 heterocycles. The Labute approximate surface area is 139 Å². The van der Waals surface area contributed by atoms with Crippen molar-refractivity contribution < 1.29 is 0 Å². The lowest BCUT2D eigenvalue weighted by atomic mass is 10.0. The van der Waals surface area contributed by atoms with Crippen molar-refractivity contribution in [1.82, 2.24) is 25.1 Å². The van der Waals surface area contributed by atoms with Crippen LogP contribution in [0.1, 0.15) is 35.1 Å². The third kappa shape index (κ3) is 2.90. The highest BCUT2D eigenvalue weighted by Crippen LogP contribution is 2.24. The van der Waals surface area contributed by atoms with Crippen LogP contribution in [0.4, 0.5) is 0 Å². The standard InChI is InChI=1S/C17H22N6O/c1-3-11-12(4-5-18)10(2)22-14(11)8-15-16(20-7-6-19-15)13-9-21-23-17(13)24/h6-7,9,22H,3-5,8,18H2,1-2H3,(H2,21,23,24). The lowest BCUT2D eigenvalue weighted by Crippen LogP contribution is -2.07. The third-order valence-electron chi connectivity index (χ3n) is 4.29. The summed E-state index contributed by atoms with van der Waals surface area (Å²) in [6.07, 6.45) is 7.26. The Morgan fingerprint density at radius 2 is 2.00 bits per heavy atom. The molecule has 0 radical (unpaired) electrons. The second kappa shape index (κ2) is 6.84. The normalized spacial score (nSPS) is 11.1. The molecule has 0 aliphatic rings. The molecule has 0 aliphatic heterocycles. The van der Waals surface area contributed by atoms with Gasteiger partial charge in [-0.2, -0.15) is 0 Å². The first-order chi connectivity index (χ1) is 11.7. The number of nitrogens with zero attached hydrogens (tertiary/aromatic N) is 2. The van der Waals surface area contributed by atoms with E-state index in [9.17, 15) is 4.79 Å². The summed E-state index contributed by atoms with van der Waals surface area (Å²) in [5.74, 6) is 0. The Hall–Kier alpha value is -2.67. The number of aromatic nitrogens is 5. The quantitative estimate of drug-likeness (QED) is 0.548. The van der Waals surface area contributed by atoms with Crippen LogP contribution in [0, 0.1) is 6.92 Å². The fourth-order valence-electron chi connectivity index (χ4n) is 3.22. The topological polar surface area (TPSA) is 116 Å². The summed E-state index contributed by atoms with van der Waals surface area (Å²) in [6.45, 7) is 4.84. The monoisotopic (exact) mass is 326 g/mol. The van der Waals surface area contributed by atoms with Crippen molar-refractivity contribution in [2.24, 2.45) is 5.73 Å². The van der Waals surface area contributed by atoms with Gasteiger partial charge in [-0.1, -0.05) is 6.92 Å². The number of aryl methyl sites for hydroxylation is 1. The molecule has 0 fully saturated rings. The van der Waals surface area contributed by atoms with Gasteiger partial charge >= 0.3 is 0 Å². The van der Waals surface area contributed by atoms with E-state index >= 15 is 0 Å². The van der Waals surface area contributed by atoms with Crippen molar-refractivity contribution >= 4 is 0 Å². The van der Waals surface area contributed by atoms with Gasteiger partial charge in [0.15, 0.2) is 0 Å². The van der Waals surface area contributed by atoms with E-state index in [4.69, 9.17) is 5.73 Å². The van der Waals surface area contributed by atoms with E-state index in [1.807, 2.05) is 0 Å². The zero-order valence-corrected chi connectivity index (χ0v) is 13.9. The molecule has 24 heavy (non-hydrogen) atoms. The van der Waals surface area contributed by atoms with Gasteiger partial charge in [-0.05, 0) is 37.4 Å². The minimum absolute atomic E-state index is 0.195. The fraction of sp³-hybridized carbons (Fsp3) is 0.353. The van der Waals surface area contributed by atoms with Crippen LogP contribution in [0.25, 0.3) is 11.3 Å². The highest BCUT2D eigenvalue weighted by molar-refractivity contribution is 5.60. The zero-order chi connectivity index (χ0) is 17.1. The molecule has 0 aromatic carbocycles. The molecule has 0 amide bonds. The average molecular weight is 326 g/mol. The maximum atomic E-state index is 11.9. The van der Waals surface area contributed by atoms with Crippen molar-refractivity contribution in [3.05, 3.63) is 57.2 Å². The molecule has 0 saturated heterocycles. The van der Waals surface area contributed by atoms with E-state index in [1.54, 1.807) is 18.6 Å². The lowest BCUT2D eigenvalue weighted by Gasteiger charge is -2.07. The number of rotatable bonds is 6. The molecule has 0 bridgehead atoms. The molecule has 126 valence electrons. The number of hydrogen-bond donors (Lipinski definition) is 4. The van der Waals surface area contributed by atoms with Gasteiger partial charge in [0.05, 0.1) is 17.0 Å². The van der Waals surface area contributed by atoms with Crippen LogP contribution in [0.3, 0.4) is 0 Å². The van der Waals surface area contributed by atoms with Crippen molar-refractivity contribution in [3.8, 4) is 11.3 Å². The van der Waals surface area contributed by atoms with Gasteiger partial charge in [-0.15, -0.1) is 0 Å². The Morgan fingerprint density at radius 1 is 1.21 bits per heavy atom. The van der Waals surface area contributed by atoms with E-state index in [1.165, 1.54) is 11.1 Å². The Kier molecular flexibility index (Phi) is 4.61. The van der Waals surface area contributed by atoms with Gasteiger partial charge < -0.3 is 15.8 Å². The van der Waals surface area contributed by atoms with Crippen molar-refractivity contribution in [2.75, 3.05) is 6.54 Å². The zero-order valence-electron chi connectivity index (χ0n) is 13.9. The predicted molar refractivity (Wildman–Crippen MR) is 92.9 cm³/mol. The minimum atomic E-state index is -0.195. The van der Waals surface area contributed by atoms with Gasteiger partial charge in [0.2, 0.25) is 0 Å². The van der Waals surface area contributed by atoms with E-state index in [2.05, 4.69) is 39.0 Å². The summed E-state index contributed by atoms with van der Waals surface area (Å²) in [5.41, 5.74) is 12.3. The van der Waals surface area contributed by atoms with Crippen molar-refractivity contribution in [1.29, 1.82) is 0 Å². The fourth-order valence-corrected chi connectivity index (χ4v) is 3.22. The molecule has 3 aromatic rings. The molecular formula is C17H22N6O. The Bertz CT molecular complexity index is 889. The van der Waals surface area contributed by atoms with E-state index in [0.29, 0.717) is 24.2 Å². The molecule has 0 spiro atoms. The van der Waals surface area contributed by atoms with Crippen LogP contribution in [0.5, 0.6) is 0 Å². The molecule has 3 aromatic heterocycles. The first-order valence-electron chi connectivity index (χ1n) is 8.11. The van der Waals surface area contributed by atoms with Crippen LogP contribution in [-0.4, -0.2) is 31.7 Å². The first kappa shape index (κ1) is 16.2. The molecule has 7 heteroatoms. The highest BCUT2D eigenvalue weighted by atomic mass is 16.1. The molecule has 0 saturated carbocycles. The first-order valence-corrected chi connectivity index (χ1v) is 8.11. The molecule has 7 nitrogen and oxygen atoms in total. The van der Waals surface area contributed by atoms with Crippen molar-refractivity contribution in [2.45, 2.75) is 33.1 Å². The molecule has 3 rings (SSSR count). The second-order valence-corrected chi connectivity index (χ2v) is 5.76. The minimum Gasteiger partial charge on any atom is -0.362 e. The van der Waals surface area contributed by atoms with Gasteiger partial charge in [0.25, 0.3) is 5.56 Å². The number of hydrogen-bond acceptors (Lipinski definition) is 4.